The van der Waals surface area contributed by atoms with Crippen LogP contribution in [0.3, 0.4) is 0 Å². The Balaban J connectivity index is 3.05. The summed E-state index contributed by atoms with van der Waals surface area (Å²) in [6.07, 6.45) is 1.43. The van der Waals surface area contributed by atoms with Crippen molar-refractivity contribution >= 4 is 21.5 Å². The van der Waals surface area contributed by atoms with E-state index < -0.39 is 15.3 Å². The first kappa shape index (κ1) is 11.8. The monoisotopic (exact) mass is 229 g/mol. The maximum atomic E-state index is 11.8. The fourth-order valence-electron chi connectivity index (χ4n) is 1.03. The van der Waals surface area contributed by atoms with Crippen LogP contribution in [0.1, 0.15) is 13.8 Å². The molecule has 0 spiro atoms. The van der Waals surface area contributed by atoms with E-state index in [2.05, 4.69) is 4.98 Å². The van der Waals surface area contributed by atoms with Gasteiger partial charge in [-0.25, -0.2) is 13.4 Å². The van der Waals surface area contributed by atoms with Gasteiger partial charge in [0.25, 0.3) is 0 Å². The zero-order valence-electron chi connectivity index (χ0n) is 9.01. The van der Waals surface area contributed by atoms with Crippen molar-refractivity contribution < 1.29 is 8.42 Å². The summed E-state index contributed by atoms with van der Waals surface area (Å²) < 4.78 is 24.7. The molecule has 0 aliphatic carbocycles. The number of nitrogen functional groups attached to an aromatic ring is 1. The first-order chi connectivity index (χ1) is 6.85. The summed E-state index contributed by atoms with van der Waals surface area (Å²) in [6.45, 7) is 3.26. The molecule has 0 saturated carbocycles. The molecule has 0 bridgehead atoms. The molecular formula is C9H15N3O2S. The van der Waals surface area contributed by atoms with E-state index in [1.807, 2.05) is 0 Å². The molecule has 0 unspecified atom stereocenters. The summed E-state index contributed by atoms with van der Waals surface area (Å²) in [5.74, 6) is 0.373. The van der Waals surface area contributed by atoms with Gasteiger partial charge in [-0.15, -0.1) is 0 Å². The predicted molar refractivity (Wildman–Crippen MR) is 61.1 cm³/mol. The van der Waals surface area contributed by atoms with E-state index in [9.17, 15) is 8.42 Å². The van der Waals surface area contributed by atoms with E-state index in [0.717, 1.165) is 4.31 Å². The highest BCUT2D eigenvalue weighted by Crippen LogP contribution is 2.16. The second-order valence-corrected chi connectivity index (χ2v) is 6.03. The Kier molecular flexibility index (Phi) is 3.18. The number of anilines is 2. The van der Waals surface area contributed by atoms with Crippen LogP contribution in [0, 0.1) is 0 Å². The Morgan fingerprint density at radius 1 is 1.40 bits per heavy atom. The quantitative estimate of drug-likeness (QED) is 0.833. The van der Waals surface area contributed by atoms with Crippen LogP contribution in [0.5, 0.6) is 0 Å². The van der Waals surface area contributed by atoms with Crippen molar-refractivity contribution in [1.82, 2.24) is 4.98 Å². The van der Waals surface area contributed by atoms with Gasteiger partial charge in [0, 0.05) is 7.05 Å². The van der Waals surface area contributed by atoms with Crippen molar-refractivity contribution in [3.8, 4) is 0 Å². The third-order valence-corrected chi connectivity index (χ3v) is 4.21. The van der Waals surface area contributed by atoms with Gasteiger partial charge < -0.3 is 5.73 Å². The molecule has 6 heteroatoms. The van der Waals surface area contributed by atoms with E-state index >= 15 is 0 Å². The third kappa shape index (κ3) is 2.38. The number of sulfonamides is 1. The number of aromatic nitrogens is 1. The first-order valence-electron chi connectivity index (χ1n) is 4.55. The molecule has 1 heterocycles. The molecular weight excluding hydrogens is 214 g/mol. The molecule has 84 valence electrons. The standard InChI is InChI=1S/C9H15N3O2S/c1-7(2)15(13,14)12(3)9-5-4-8(10)6-11-9/h4-7H,10H2,1-3H3. The molecule has 0 aliphatic rings. The Bertz CT molecular complexity index is 425. The highest BCUT2D eigenvalue weighted by molar-refractivity contribution is 7.93. The van der Waals surface area contributed by atoms with E-state index in [0.29, 0.717) is 11.5 Å². The molecule has 0 aliphatic heterocycles. The zero-order chi connectivity index (χ0) is 11.6. The number of hydrogen-bond acceptors (Lipinski definition) is 4. The molecule has 0 fully saturated rings. The van der Waals surface area contributed by atoms with Gasteiger partial charge >= 0.3 is 0 Å². The van der Waals surface area contributed by atoms with E-state index in [-0.39, 0.29) is 0 Å². The van der Waals surface area contributed by atoms with Gasteiger partial charge in [0.05, 0.1) is 17.1 Å². The van der Waals surface area contributed by atoms with Crippen LogP contribution < -0.4 is 10.0 Å². The second kappa shape index (κ2) is 4.06. The van der Waals surface area contributed by atoms with Crippen molar-refractivity contribution in [3.63, 3.8) is 0 Å². The van der Waals surface area contributed by atoms with Crippen molar-refractivity contribution in [1.29, 1.82) is 0 Å². The van der Waals surface area contributed by atoms with Gasteiger partial charge in [-0.05, 0) is 26.0 Å². The molecule has 0 aromatic carbocycles. The van der Waals surface area contributed by atoms with Crippen LogP contribution in [0.4, 0.5) is 11.5 Å². The number of rotatable bonds is 3. The lowest BCUT2D eigenvalue weighted by Crippen LogP contribution is -2.33. The predicted octanol–water partition coefficient (Wildman–Crippen LogP) is 0.838. The molecule has 2 N–H and O–H groups in total. The summed E-state index contributed by atoms with van der Waals surface area (Å²) in [6, 6.07) is 3.20. The average molecular weight is 229 g/mol. The van der Waals surface area contributed by atoms with E-state index in [1.165, 1.54) is 13.2 Å². The van der Waals surface area contributed by atoms with Gasteiger partial charge in [-0.1, -0.05) is 0 Å². The summed E-state index contributed by atoms with van der Waals surface area (Å²) in [7, 11) is -1.83. The molecule has 1 rings (SSSR count). The van der Waals surface area contributed by atoms with Crippen molar-refractivity contribution in [3.05, 3.63) is 18.3 Å². The Labute approximate surface area is 90.0 Å². The van der Waals surface area contributed by atoms with Crippen LogP contribution in [0.2, 0.25) is 0 Å². The first-order valence-corrected chi connectivity index (χ1v) is 6.05. The van der Waals surface area contributed by atoms with Crippen LogP contribution >= 0.6 is 0 Å². The van der Waals surface area contributed by atoms with E-state index in [1.54, 1.807) is 26.0 Å². The topological polar surface area (TPSA) is 76.3 Å². The summed E-state index contributed by atoms with van der Waals surface area (Å²) in [5, 5.41) is -0.471. The molecule has 1 aromatic rings. The highest BCUT2D eigenvalue weighted by atomic mass is 32.2. The zero-order valence-corrected chi connectivity index (χ0v) is 9.82. The van der Waals surface area contributed by atoms with E-state index in [4.69, 9.17) is 5.73 Å². The molecule has 0 radical (unpaired) electrons. The fraction of sp³-hybridized carbons (Fsp3) is 0.444. The number of nitrogens with zero attached hydrogens (tertiary/aromatic N) is 2. The normalized spacial score (nSPS) is 11.7. The lowest BCUT2D eigenvalue weighted by atomic mass is 10.4. The lowest BCUT2D eigenvalue weighted by molar-refractivity contribution is 0.585. The van der Waals surface area contributed by atoms with Crippen LogP contribution in [-0.2, 0) is 10.0 Å². The molecule has 0 saturated heterocycles. The van der Waals surface area contributed by atoms with Crippen molar-refractivity contribution in [2.45, 2.75) is 19.1 Å². The highest BCUT2D eigenvalue weighted by Gasteiger charge is 2.23. The molecule has 15 heavy (non-hydrogen) atoms. The summed E-state index contributed by atoms with van der Waals surface area (Å²) in [4.78, 5) is 3.95. The molecule has 0 amide bonds. The minimum absolute atomic E-state index is 0.373. The van der Waals surface area contributed by atoms with Crippen LogP contribution in [0.25, 0.3) is 0 Å². The Morgan fingerprint density at radius 2 is 2.00 bits per heavy atom. The SMILES string of the molecule is CC(C)S(=O)(=O)N(C)c1ccc(N)cn1. The fourth-order valence-corrected chi connectivity index (χ4v) is 2.03. The van der Waals surface area contributed by atoms with Gasteiger partial charge in [0.15, 0.2) is 0 Å². The van der Waals surface area contributed by atoms with Gasteiger partial charge in [0.1, 0.15) is 5.82 Å². The van der Waals surface area contributed by atoms with Crippen molar-refractivity contribution in [2.24, 2.45) is 0 Å². The second-order valence-electron chi connectivity index (χ2n) is 3.51. The van der Waals surface area contributed by atoms with Gasteiger partial charge in [-0.2, -0.15) is 0 Å². The maximum absolute atomic E-state index is 11.8. The Hall–Kier alpha value is -1.30. The largest absolute Gasteiger partial charge is 0.397 e. The lowest BCUT2D eigenvalue weighted by Gasteiger charge is -2.20. The van der Waals surface area contributed by atoms with Gasteiger partial charge in [0.2, 0.25) is 10.0 Å². The smallest absolute Gasteiger partial charge is 0.238 e. The summed E-state index contributed by atoms with van der Waals surface area (Å²) >= 11 is 0. The number of hydrogen-bond donors (Lipinski definition) is 1. The van der Waals surface area contributed by atoms with Crippen molar-refractivity contribution in [2.75, 3.05) is 17.1 Å². The third-order valence-electron chi connectivity index (χ3n) is 2.07. The summed E-state index contributed by atoms with van der Waals surface area (Å²) in [5.41, 5.74) is 5.97. The minimum Gasteiger partial charge on any atom is -0.397 e. The number of pyridine rings is 1. The van der Waals surface area contributed by atoms with Gasteiger partial charge in [-0.3, -0.25) is 4.31 Å². The van der Waals surface area contributed by atoms with Crippen LogP contribution in [-0.4, -0.2) is 25.7 Å². The molecule has 5 nitrogen and oxygen atoms in total. The molecule has 1 aromatic heterocycles. The average Bonchev–Trinajstić information content (AvgIpc) is 2.17. The number of nitrogens with two attached hydrogens (primary N) is 1. The molecule has 0 atom stereocenters. The minimum atomic E-state index is -3.31. The maximum Gasteiger partial charge on any atom is 0.238 e. The Morgan fingerprint density at radius 3 is 2.40 bits per heavy atom. The van der Waals surface area contributed by atoms with Crippen LogP contribution in [0.15, 0.2) is 18.3 Å².